The number of carbonyl (C=O) groups is 2. The van der Waals surface area contributed by atoms with Gasteiger partial charge < -0.3 is 20.9 Å². The SMILES string of the molecule is CCCCNC(=O)c1nsc(C(=O)N2CCN(c3ccccc3)CC2)c1N. The third-order valence-corrected chi connectivity index (χ3v) is 5.49. The number of anilines is 2. The summed E-state index contributed by atoms with van der Waals surface area (Å²) >= 11 is 1.00. The van der Waals surface area contributed by atoms with Gasteiger partial charge in [-0.25, -0.2) is 0 Å². The molecule has 27 heavy (non-hydrogen) atoms. The number of nitrogens with zero attached hydrogens (tertiary/aromatic N) is 3. The van der Waals surface area contributed by atoms with E-state index in [1.54, 1.807) is 4.90 Å². The third-order valence-electron chi connectivity index (χ3n) is 4.64. The Hall–Kier alpha value is -2.61. The van der Waals surface area contributed by atoms with Crippen LogP contribution >= 0.6 is 11.5 Å². The fraction of sp³-hybridized carbons (Fsp3) is 0.421. The molecule has 0 atom stereocenters. The lowest BCUT2D eigenvalue weighted by molar-refractivity contribution is 0.0752. The van der Waals surface area contributed by atoms with Crippen LogP contribution in [0.25, 0.3) is 0 Å². The number of rotatable bonds is 6. The number of unbranched alkanes of at least 4 members (excludes halogenated alkanes) is 1. The molecule has 1 aromatic carbocycles. The molecule has 7 nitrogen and oxygen atoms in total. The number of nitrogens with two attached hydrogens (primary N) is 1. The van der Waals surface area contributed by atoms with Gasteiger partial charge in [0, 0.05) is 38.4 Å². The number of benzene rings is 1. The first kappa shape index (κ1) is 19.2. The molecule has 144 valence electrons. The summed E-state index contributed by atoms with van der Waals surface area (Å²) in [6.45, 7) is 5.39. The first-order chi connectivity index (χ1) is 13.1. The number of para-hydroxylation sites is 1. The van der Waals surface area contributed by atoms with E-state index in [9.17, 15) is 9.59 Å². The minimum absolute atomic E-state index is 0.148. The molecule has 0 bridgehead atoms. The molecule has 3 N–H and O–H groups in total. The molecule has 1 saturated heterocycles. The molecule has 1 aliphatic rings. The van der Waals surface area contributed by atoms with Gasteiger partial charge in [-0.05, 0) is 30.1 Å². The number of nitrogens with one attached hydrogen (secondary N) is 1. The van der Waals surface area contributed by atoms with Crippen LogP contribution in [0.1, 0.15) is 39.9 Å². The molecule has 1 aromatic heterocycles. The van der Waals surface area contributed by atoms with E-state index in [2.05, 4.69) is 33.6 Å². The lowest BCUT2D eigenvalue weighted by Gasteiger charge is -2.36. The summed E-state index contributed by atoms with van der Waals surface area (Å²) in [5, 5.41) is 2.79. The second-order valence-electron chi connectivity index (χ2n) is 6.50. The molecule has 3 rings (SSSR count). The molecule has 0 aliphatic carbocycles. The zero-order chi connectivity index (χ0) is 19.2. The summed E-state index contributed by atoms with van der Waals surface area (Å²) in [6.07, 6.45) is 1.89. The Morgan fingerprint density at radius 3 is 2.56 bits per heavy atom. The summed E-state index contributed by atoms with van der Waals surface area (Å²) in [5.74, 6) is -0.463. The van der Waals surface area contributed by atoms with Gasteiger partial charge in [-0.15, -0.1) is 0 Å². The fourth-order valence-electron chi connectivity index (χ4n) is 3.03. The van der Waals surface area contributed by atoms with Crippen molar-refractivity contribution in [3.05, 3.63) is 40.9 Å². The summed E-state index contributed by atoms with van der Waals surface area (Å²) < 4.78 is 4.12. The first-order valence-electron chi connectivity index (χ1n) is 9.24. The highest BCUT2D eigenvalue weighted by atomic mass is 32.1. The van der Waals surface area contributed by atoms with Gasteiger partial charge in [0.2, 0.25) is 0 Å². The van der Waals surface area contributed by atoms with E-state index >= 15 is 0 Å². The molecule has 0 radical (unpaired) electrons. The summed E-state index contributed by atoms with van der Waals surface area (Å²) in [7, 11) is 0. The van der Waals surface area contributed by atoms with E-state index < -0.39 is 0 Å². The fourth-order valence-corrected chi connectivity index (χ4v) is 3.79. The highest BCUT2D eigenvalue weighted by Crippen LogP contribution is 2.24. The van der Waals surface area contributed by atoms with E-state index in [0.717, 1.165) is 43.2 Å². The van der Waals surface area contributed by atoms with Crippen LogP contribution in [0.2, 0.25) is 0 Å². The van der Waals surface area contributed by atoms with Gasteiger partial charge in [0.05, 0.1) is 5.69 Å². The lowest BCUT2D eigenvalue weighted by atomic mass is 10.2. The summed E-state index contributed by atoms with van der Waals surface area (Å²) in [6, 6.07) is 10.2. The topological polar surface area (TPSA) is 91.6 Å². The number of hydrogen-bond donors (Lipinski definition) is 2. The summed E-state index contributed by atoms with van der Waals surface area (Å²) in [4.78, 5) is 29.4. The van der Waals surface area contributed by atoms with Crippen LogP contribution in [0, 0.1) is 0 Å². The van der Waals surface area contributed by atoms with Crippen molar-refractivity contribution in [2.24, 2.45) is 0 Å². The zero-order valence-corrected chi connectivity index (χ0v) is 16.3. The van der Waals surface area contributed by atoms with Crippen molar-refractivity contribution in [2.75, 3.05) is 43.4 Å². The number of amides is 2. The van der Waals surface area contributed by atoms with E-state index in [4.69, 9.17) is 5.73 Å². The highest BCUT2D eigenvalue weighted by molar-refractivity contribution is 7.09. The number of hydrogen-bond acceptors (Lipinski definition) is 6. The average molecular weight is 388 g/mol. The predicted molar refractivity (Wildman–Crippen MR) is 108 cm³/mol. The van der Waals surface area contributed by atoms with Crippen LogP contribution in [0.15, 0.2) is 30.3 Å². The number of piperazine rings is 1. The molecule has 1 fully saturated rings. The number of nitrogen functional groups attached to an aromatic ring is 1. The van der Waals surface area contributed by atoms with Crippen LogP contribution in [-0.4, -0.2) is 53.8 Å². The maximum absolute atomic E-state index is 12.8. The smallest absolute Gasteiger partial charge is 0.273 e. The van der Waals surface area contributed by atoms with Crippen LogP contribution in [0.3, 0.4) is 0 Å². The molecule has 2 heterocycles. The summed E-state index contributed by atoms with van der Waals surface area (Å²) in [5.41, 5.74) is 7.56. The Balaban J connectivity index is 1.61. The number of aromatic nitrogens is 1. The largest absolute Gasteiger partial charge is 0.395 e. The third kappa shape index (κ3) is 4.39. The minimum atomic E-state index is -0.315. The van der Waals surface area contributed by atoms with Crippen LogP contribution in [-0.2, 0) is 0 Å². The van der Waals surface area contributed by atoms with Gasteiger partial charge in [0.15, 0.2) is 5.69 Å². The van der Waals surface area contributed by atoms with E-state index in [1.165, 1.54) is 0 Å². The van der Waals surface area contributed by atoms with Crippen molar-refractivity contribution in [3.8, 4) is 0 Å². The second kappa shape index (κ2) is 8.85. The quantitative estimate of drug-likeness (QED) is 0.742. The Bertz CT molecular complexity index is 785. The van der Waals surface area contributed by atoms with E-state index in [1.807, 2.05) is 18.2 Å². The molecule has 1 aliphatic heterocycles. The Kier molecular flexibility index (Phi) is 6.28. The van der Waals surface area contributed by atoms with Crippen LogP contribution in [0.5, 0.6) is 0 Å². The van der Waals surface area contributed by atoms with Crippen molar-refractivity contribution >= 4 is 34.7 Å². The van der Waals surface area contributed by atoms with Gasteiger partial charge in [0.1, 0.15) is 4.88 Å². The number of carbonyl (C=O) groups excluding carboxylic acids is 2. The van der Waals surface area contributed by atoms with E-state index in [0.29, 0.717) is 24.5 Å². The average Bonchev–Trinajstić information content (AvgIpc) is 3.10. The van der Waals surface area contributed by atoms with Crippen molar-refractivity contribution < 1.29 is 9.59 Å². The van der Waals surface area contributed by atoms with Crippen molar-refractivity contribution in [1.29, 1.82) is 0 Å². The lowest BCUT2D eigenvalue weighted by Crippen LogP contribution is -2.48. The maximum atomic E-state index is 12.8. The second-order valence-corrected chi connectivity index (χ2v) is 7.27. The maximum Gasteiger partial charge on any atom is 0.273 e. The zero-order valence-electron chi connectivity index (χ0n) is 15.5. The monoisotopic (exact) mass is 387 g/mol. The van der Waals surface area contributed by atoms with Gasteiger partial charge >= 0.3 is 0 Å². The minimum Gasteiger partial charge on any atom is -0.395 e. The first-order valence-corrected chi connectivity index (χ1v) is 10.0. The van der Waals surface area contributed by atoms with Crippen LogP contribution < -0.4 is 16.0 Å². The normalized spacial score (nSPS) is 14.3. The van der Waals surface area contributed by atoms with Crippen molar-refractivity contribution in [3.63, 3.8) is 0 Å². The van der Waals surface area contributed by atoms with Gasteiger partial charge in [-0.2, -0.15) is 4.37 Å². The Labute approximate surface area is 163 Å². The molecule has 0 unspecified atom stereocenters. The van der Waals surface area contributed by atoms with E-state index in [-0.39, 0.29) is 23.2 Å². The van der Waals surface area contributed by atoms with Gasteiger partial charge in [-0.3, -0.25) is 9.59 Å². The molecule has 2 amide bonds. The molecule has 0 spiro atoms. The van der Waals surface area contributed by atoms with Crippen LogP contribution in [0.4, 0.5) is 11.4 Å². The van der Waals surface area contributed by atoms with Crippen molar-refractivity contribution in [1.82, 2.24) is 14.6 Å². The van der Waals surface area contributed by atoms with Crippen molar-refractivity contribution in [2.45, 2.75) is 19.8 Å². The van der Waals surface area contributed by atoms with Gasteiger partial charge in [-0.1, -0.05) is 31.5 Å². The van der Waals surface area contributed by atoms with Gasteiger partial charge in [0.25, 0.3) is 11.8 Å². The molecule has 0 saturated carbocycles. The molecule has 2 aromatic rings. The molecular weight excluding hydrogens is 362 g/mol. The predicted octanol–water partition coefficient (Wildman–Crippen LogP) is 2.22. The Morgan fingerprint density at radius 2 is 1.89 bits per heavy atom. The Morgan fingerprint density at radius 1 is 1.19 bits per heavy atom. The molecular formula is C19H25N5O2S. The highest BCUT2D eigenvalue weighted by Gasteiger charge is 2.28. The molecule has 8 heteroatoms. The standard InChI is InChI=1S/C19H25N5O2S/c1-2-3-9-21-18(25)16-15(20)17(27-22-16)19(26)24-12-10-23(11-13-24)14-7-5-4-6-8-14/h4-8H,2-3,9-13,20H2,1H3,(H,21,25).